The summed E-state index contributed by atoms with van der Waals surface area (Å²) in [7, 11) is 0. The molecule has 0 radical (unpaired) electrons. The molecular weight excluding hydrogens is 504 g/mol. The molecule has 1 heterocycles. The summed E-state index contributed by atoms with van der Waals surface area (Å²) in [4.78, 5) is 24.7. The van der Waals surface area contributed by atoms with Gasteiger partial charge in [0.1, 0.15) is 4.32 Å². The molecule has 1 saturated heterocycles. The second-order valence-corrected chi connectivity index (χ2v) is 8.93. The summed E-state index contributed by atoms with van der Waals surface area (Å²) in [5.41, 5.74) is -2.66. The highest BCUT2D eigenvalue weighted by Gasteiger charge is 2.37. The van der Waals surface area contributed by atoms with Crippen LogP contribution < -0.4 is 0 Å². The Bertz CT molecular complexity index is 1140. The summed E-state index contributed by atoms with van der Waals surface area (Å²) in [5, 5.41) is 8.73. The van der Waals surface area contributed by atoms with E-state index in [4.69, 9.17) is 17.3 Å². The minimum atomic E-state index is -4.97. The average Bonchev–Trinajstić information content (AvgIpc) is 2.99. The number of rotatable bonds is 6. The molecule has 0 saturated carbocycles. The van der Waals surface area contributed by atoms with E-state index in [0.717, 1.165) is 11.8 Å². The van der Waals surface area contributed by atoms with Gasteiger partial charge >= 0.3 is 18.3 Å². The smallest absolute Gasteiger partial charge is 0.416 e. The molecule has 2 aromatic carbocycles. The van der Waals surface area contributed by atoms with Crippen molar-refractivity contribution >= 4 is 46.3 Å². The molecule has 0 aromatic heterocycles. The molecule has 4 nitrogen and oxygen atoms in total. The Labute approximate surface area is 199 Å². The van der Waals surface area contributed by atoms with E-state index in [0.29, 0.717) is 17.7 Å². The van der Waals surface area contributed by atoms with Crippen molar-refractivity contribution in [2.24, 2.45) is 0 Å². The minimum Gasteiger partial charge on any atom is -0.481 e. The van der Waals surface area contributed by atoms with E-state index in [1.807, 2.05) is 0 Å². The highest BCUT2D eigenvalue weighted by atomic mass is 32.2. The third-order valence-electron chi connectivity index (χ3n) is 4.75. The first-order valence-electron chi connectivity index (χ1n) is 9.63. The fourth-order valence-corrected chi connectivity index (χ4v) is 4.47. The molecule has 0 bridgehead atoms. The van der Waals surface area contributed by atoms with Gasteiger partial charge in [0.2, 0.25) is 0 Å². The summed E-state index contributed by atoms with van der Waals surface area (Å²) in [6.07, 6.45) is -8.46. The van der Waals surface area contributed by atoms with Crippen LogP contribution in [0.3, 0.4) is 0 Å². The van der Waals surface area contributed by atoms with Crippen molar-refractivity contribution in [3.63, 3.8) is 0 Å². The van der Waals surface area contributed by atoms with Gasteiger partial charge in [0.05, 0.1) is 16.0 Å². The van der Waals surface area contributed by atoms with Gasteiger partial charge in [-0.25, -0.2) is 0 Å². The molecule has 1 fully saturated rings. The zero-order chi connectivity index (χ0) is 25.3. The van der Waals surface area contributed by atoms with Crippen LogP contribution >= 0.6 is 24.0 Å². The van der Waals surface area contributed by atoms with Crippen LogP contribution in [0.1, 0.15) is 29.5 Å². The Balaban J connectivity index is 1.93. The molecule has 1 amide bonds. The van der Waals surface area contributed by atoms with Gasteiger partial charge in [0.15, 0.2) is 0 Å². The van der Waals surface area contributed by atoms with Gasteiger partial charge in [-0.15, -0.1) is 0 Å². The minimum absolute atomic E-state index is 0.0586. The van der Waals surface area contributed by atoms with Crippen LogP contribution in [0.5, 0.6) is 0 Å². The van der Waals surface area contributed by atoms with Crippen molar-refractivity contribution in [2.45, 2.75) is 25.2 Å². The Morgan fingerprint density at radius 3 is 2.18 bits per heavy atom. The maximum absolute atomic E-state index is 13.2. The van der Waals surface area contributed by atoms with Crippen LogP contribution in [0.15, 0.2) is 47.4 Å². The SMILES string of the molecule is O=C(O)CCCN1C(=O)C(=Cc2cccc(-c3cc(C(F)(F)F)cc(C(F)(F)F)c3)c2)SC1=S. The van der Waals surface area contributed by atoms with Crippen LogP contribution in [-0.2, 0) is 21.9 Å². The number of alkyl halides is 6. The Morgan fingerprint density at radius 2 is 1.62 bits per heavy atom. The summed E-state index contributed by atoms with van der Waals surface area (Å²) < 4.78 is 79.3. The summed E-state index contributed by atoms with van der Waals surface area (Å²) in [5.74, 6) is -1.47. The van der Waals surface area contributed by atoms with Gasteiger partial charge in [0.25, 0.3) is 5.91 Å². The van der Waals surface area contributed by atoms with E-state index < -0.39 is 35.4 Å². The fraction of sp³-hybridized carbons (Fsp3) is 0.227. The molecule has 180 valence electrons. The molecule has 2 aromatic rings. The highest BCUT2D eigenvalue weighted by Crippen LogP contribution is 2.39. The summed E-state index contributed by atoms with van der Waals surface area (Å²) in [6, 6.07) is 7.05. The van der Waals surface area contributed by atoms with E-state index in [2.05, 4.69) is 0 Å². The van der Waals surface area contributed by atoms with Crippen molar-refractivity contribution in [3.05, 3.63) is 64.1 Å². The number of hydrogen-bond acceptors (Lipinski definition) is 4. The van der Waals surface area contributed by atoms with Gasteiger partial charge in [-0.1, -0.05) is 42.2 Å². The number of aliphatic carboxylic acids is 1. The largest absolute Gasteiger partial charge is 0.481 e. The number of thioether (sulfide) groups is 1. The second kappa shape index (κ2) is 9.79. The van der Waals surface area contributed by atoms with E-state index in [1.54, 1.807) is 6.07 Å². The van der Waals surface area contributed by atoms with Crippen LogP contribution in [0.2, 0.25) is 0 Å². The molecule has 34 heavy (non-hydrogen) atoms. The lowest BCUT2D eigenvalue weighted by Crippen LogP contribution is -2.29. The zero-order valence-corrected chi connectivity index (χ0v) is 18.7. The summed E-state index contributed by atoms with van der Waals surface area (Å²) >= 11 is 6.13. The van der Waals surface area contributed by atoms with E-state index >= 15 is 0 Å². The van der Waals surface area contributed by atoms with Crippen molar-refractivity contribution in [1.82, 2.24) is 4.90 Å². The lowest BCUT2D eigenvalue weighted by Gasteiger charge is -2.14. The van der Waals surface area contributed by atoms with Crippen molar-refractivity contribution < 1.29 is 41.0 Å². The summed E-state index contributed by atoms with van der Waals surface area (Å²) in [6.45, 7) is 0.110. The number of carboxylic acid groups (broad SMARTS) is 1. The predicted molar refractivity (Wildman–Crippen MR) is 119 cm³/mol. The van der Waals surface area contributed by atoms with E-state index in [9.17, 15) is 35.9 Å². The van der Waals surface area contributed by atoms with Crippen molar-refractivity contribution in [1.29, 1.82) is 0 Å². The maximum atomic E-state index is 13.2. The number of halogens is 6. The molecule has 0 spiro atoms. The van der Waals surface area contributed by atoms with E-state index in [-0.39, 0.29) is 45.8 Å². The first kappa shape index (κ1) is 25.8. The van der Waals surface area contributed by atoms with Gasteiger partial charge in [-0.3, -0.25) is 14.5 Å². The number of hydrogen-bond donors (Lipinski definition) is 1. The topological polar surface area (TPSA) is 57.6 Å². The van der Waals surface area contributed by atoms with Crippen LogP contribution in [0.25, 0.3) is 17.2 Å². The molecule has 1 N–H and O–H groups in total. The van der Waals surface area contributed by atoms with Crippen molar-refractivity contribution in [2.75, 3.05) is 6.54 Å². The van der Waals surface area contributed by atoms with Crippen molar-refractivity contribution in [3.8, 4) is 11.1 Å². The van der Waals surface area contributed by atoms with E-state index in [1.165, 1.54) is 29.2 Å². The lowest BCUT2D eigenvalue weighted by atomic mass is 9.97. The van der Waals surface area contributed by atoms with Crippen LogP contribution in [0, 0.1) is 0 Å². The first-order valence-corrected chi connectivity index (χ1v) is 10.9. The monoisotopic (exact) mass is 519 g/mol. The molecule has 1 aliphatic heterocycles. The number of amides is 1. The number of thiocarbonyl (C=S) groups is 1. The Hall–Kier alpha value is -2.86. The standard InChI is InChI=1S/C22H15F6NO3S2/c23-21(24,25)15-9-14(10-16(11-15)22(26,27)28)13-4-1-3-12(7-13)8-17-19(32)29(20(33)34-17)6-2-5-18(30)31/h1,3-4,7-11H,2,5-6H2,(H,30,31). The van der Waals surface area contributed by atoms with Gasteiger partial charge in [-0.2, -0.15) is 26.3 Å². The molecule has 0 atom stereocenters. The normalized spacial score (nSPS) is 15.9. The number of carbonyl (C=O) groups excluding carboxylic acids is 1. The molecule has 0 aliphatic carbocycles. The van der Waals surface area contributed by atoms with Crippen LogP contribution in [-0.4, -0.2) is 32.7 Å². The molecular formula is C22H15F6NO3S2. The molecule has 3 rings (SSSR count). The van der Waals surface area contributed by atoms with Gasteiger partial charge < -0.3 is 5.11 Å². The van der Waals surface area contributed by atoms with Gasteiger partial charge in [0, 0.05) is 13.0 Å². The highest BCUT2D eigenvalue weighted by molar-refractivity contribution is 8.26. The Morgan fingerprint density at radius 1 is 1.00 bits per heavy atom. The third kappa shape index (κ3) is 6.17. The van der Waals surface area contributed by atoms with Gasteiger partial charge in [-0.05, 0) is 53.5 Å². The average molecular weight is 519 g/mol. The predicted octanol–water partition coefficient (Wildman–Crippen LogP) is 6.46. The Kier molecular flexibility index (Phi) is 7.41. The van der Waals surface area contributed by atoms with Crippen LogP contribution in [0.4, 0.5) is 26.3 Å². The number of carbonyl (C=O) groups is 2. The molecule has 1 aliphatic rings. The zero-order valence-electron chi connectivity index (χ0n) is 17.0. The number of nitrogens with zero attached hydrogens (tertiary/aromatic N) is 1. The molecule has 12 heteroatoms. The maximum Gasteiger partial charge on any atom is 0.416 e. The number of carboxylic acids is 1. The second-order valence-electron chi connectivity index (χ2n) is 7.25. The quantitative estimate of drug-likeness (QED) is 0.270. The number of benzene rings is 2. The fourth-order valence-electron chi connectivity index (χ4n) is 3.16. The lowest BCUT2D eigenvalue weighted by molar-refractivity contribution is -0.143. The third-order valence-corrected chi connectivity index (χ3v) is 6.13. The molecule has 0 unspecified atom stereocenters. The first-order chi connectivity index (χ1) is 15.8.